The van der Waals surface area contributed by atoms with E-state index in [1.54, 1.807) is 11.3 Å². The summed E-state index contributed by atoms with van der Waals surface area (Å²) >= 11 is 3.52. The smallest absolute Gasteiger partial charge is 0.176 e. The Labute approximate surface area is 110 Å². The molecule has 1 aromatic heterocycles. The largest absolute Gasteiger partial charge is 0.374 e. The van der Waals surface area contributed by atoms with Crippen LogP contribution in [-0.4, -0.2) is 29.5 Å². The molecule has 17 heavy (non-hydrogen) atoms. The van der Waals surface area contributed by atoms with Gasteiger partial charge in [0.05, 0.1) is 10.5 Å². The van der Waals surface area contributed by atoms with E-state index in [9.17, 15) is 4.79 Å². The van der Waals surface area contributed by atoms with Gasteiger partial charge in [0.25, 0.3) is 0 Å². The molecule has 2 unspecified atom stereocenters. The highest BCUT2D eigenvalue weighted by molar-refractivity contribution is 7.99. The van der Waals surface area contributed by atoms with Gasteiger partial charge >= 0.3 is 0 Å². The number of carbonyl (C=O) groups is 1. The van der Waals surface area contributed by atoms with E-state index >= 15 is 0 Å². The lowest BCUT2D eigenvalue weighted by Gasteiger charge is -2.37. The van der Waals surface area contributed by atoms with E-state index in [2.05, 4.69) is 0 Å². The quantitative estimate of drug-likeness (QED) is 0.770. The van der Waals surface area contributed by atoms with Gasteiger partial charge in [-0.2, -0.15) is 11.8 Å². The molecule has 2 atom stereocenters. The van der Waals surface area contributed by atoms with E-state index < -0.39 is 0 Å². The Morgan fingerprint density at radius 1 is 1.53 bits per heavy atom. The summed E-state index contributed by atoms with van der Waals surface area (Å²) in [4.78, 5) is 13.3. The number of carbonyl (C=O) groups excluding carboxylic acids is 1. The van der Waals surface area contributed by atoms with E-state index in [1.807, 2.05) is 29.3 Å². The van der Waals surface area contributed by atoms with Crippen molar-refractivity contribution in [2.45, 2.75) is 24.9 Å². The van der Waals surface area contributed by atoms with Crippen molar-refractivity contribution in [2.24, 2.45) is 5.92 Å². The van der Waals surface area contributed by atoms with E-state index in [0.717, 1.165) is 36.5 Å². The Bertz CT molecular complexity index is 394. The zero-order valence-corrected chi connectivity index (χ0v) is 11.3. The Morgan fingerprint density at radius 3 is 3.18 bits per heavy atom. The first-order valence-electron chi connectivity index (χ1n) is 6.09. The molecule has 92 valence electrons. The molecule has 1 spiro atoms. The van der Waals surface area contributed by atoms with E-state index in [-0.39, 0.29) is 11.5 Å². The first kappa shape index (κ1) is 11.8. The molecule has 0 bridgehead atoms. The monoisotopic (exact) mass is 268 g/mol. The highest BCUT2D eigenvalue weighted by atomic mass is 32.2. The predicted molar refractivity (Wildman–Crippen MR) is 72.0 cm³/mol. The van der Waals surface area contributed by atoms with Gasteiger partial charge in [-0.25, -0.2) is 0 Å². The minimum Gasteiger partial charge on any atom is -0.374 e. The molecule has 2 saturated heterocycles. The van der Waals surface area contributed by atoms with Crippen LogP contribution in [0, 0.1) is 5.92 Å². The van der Waals surface area contributed by atoms with Gasteiger partial charge in [-0.1, -0.05) is 6.07 Å². The molecule has 2 fully saturated rings. The van der Waals surface area contributed by atoms with Crippen LogP contribution in [0.5, 0.6) is 0 Å². The summed E-state index contributed by atoms with van der Waals surface area (Å²) in [5.74, 6) is 2.77. The number of ketones is 1. The third-order valence-corrected chi connectivity index (χ3v) is 5.80. The fourth-order valence-corrected chi connectivity index (χ4v) is 4.86. The third-order valence-electron chi connectivity index (χ3n) is 3.69. The van der Waals surface area contributed by atoms with Crippen molar-refractivity contribution >= 4 is 28.9 Å². The topological polar surface area (TPSA) is 26.3 Å². The molecule has 4 heteroatoms. The second-order valence-corrected chi connectivity index (χ2v) is 6.92. The van der Waals surface area contributed by atoms with Crippen molar-refractivity contribution in [3.63, 3.8) is 0 Å². The van der Waals surface area contributed by atoms with Gasteiger partial charge in [0, 0.05) is 18.3 Å². The van der Waals surface area contributed by atoms with Gasteiger partial charge in [0.2, 0.25) is 0 Å². The summed E-state index contributed by atoms with van der Waals surface area (Å²) in [5.41, 5.74) is 0.0144. The zero-order chi connectivity index (χ0) is 11.7. The van der Waals surface area contributed by atoms with Crippen LogP contribution in [0.3, 0.4) is 0 Å². The normalized spacial score (nSPS) is 33.1. The first-order chi connectivity index (χ1) is 8.29. The summed E-state index contributed by atoms with van der Waals surface area (Å²) in [5, 5.41) is 1.98. The van der Waals surface area contributed by atoms with Crippen LogP contribution in [0.2, 0.25) is 0 Å². The van der Waals surface area contributed by atoms with E-state index in [1.165, 1.54) is 5.75 Å². The van der Waals surface area contributed by atoms with Crippen LogP contribution in [-0.2, 0) is 4.74 Å². The van der Waals surface area contributed by atoms with Gasteiger partial charge in [0.15, 0.2) is 5.78 Å². The fraction of sp³-hybridized carbons (Fsp3) is 0.615. The first-order valence-corrected chi connectivity index (χ1v) is 8.12. The number of Topliss-reactive ketones (excluding diaryl/α,β-unsaturated/α-hetero) is 1. The molecule has 2 aliphatic heterocycles. The van der Waals surface area contributed by atoms with Crippen molar-refractivity contribution in [3.05, 3.63) is 22.4 Å². The number of ether oxygens (including phenoxy) is 1. The second kappa shape index (κ2) is 4.75. The van der Waals surface area contributed by atoms with Gasteiger partial charge in [-0.15, -0.1) is 11.3 Å². The average Bonchev–Trinajstić information content (AvgIpc) is 3.00. The van der Waals surface area contributed by atoms with Crippen molar-refractivity contribution in [2.75, 3.05) is 18.1 Å². The zero-order valence-electron chi connectivity index (χ0n) is 9.69. The fourth-order valence-electron chi connectivity index (χ4n) is 2.73. The predicted octanol–water partition coefficient (Wildman–Crippen LogP) is 3.23. The van der Waals surface area contributed by atoms with Crippen LogP contribution in [0.1, 0.15) is 28.9 Å². The van der Waals surface area contributed by atoms with Crippen LogP contribution >= 0.6 is 23.1 Å². The molecule has 1 aromatic rings. The van der Waals surface area contributed by atoms with Crippen LogP contribution in [0.25, 0.3) is 0 Å². The summed E-state index contributed by atoms with van der Waals surface area (Å²) in [6.07, 6.45) is 2.94. The lowest BCUT2D eigenvalue weighted by Crippen LogP contribution is -2.41. The van der Waals surface area contributed by atoms with Crippen molar-refractivity contribution in [3.8, 4) is 0 Å². The Kier molecular flexibility index (Phi) is 3.28. The molecular weight excluding hydrogens is 252 g/mol. The van der Waals surface area contributed by atoms with Gasteiger partial charge in [-0.05, 0) is 36.5 Å². The number of thiophene rings is 1. The van der Waals surface area contributed by atoms with E-state index in [4.69, 9.17) is 4.74 Å². The molecule has 0 radical (unpaired) electrons. The molecule has 0 N–H and O–H groups in total. The Hall–Kier alpha value is -0.320. The van der Waals surface area contributed by atoms with Gasteiger partial charge in [-0.3, -0.25) is 4.79 Å². The molecule has 2 aliphatic rings. The summed E-state index contributed by atoms with van der Waals surface area (Å²) in [7, 11) is 0. The summed E-state index contributed by atoms with van der Waals surface area (Å²) in [6.45, 7) is 0.752. The standard InChI is InChI=1S/C13H16O2S2/c14-12(11-2-1-6-17-11)10-3-5-15-13(8-10)4-7-16-9-13/h1-2,6,10H,3-5,7-9H2. The number of hydrogen-bond acceptors (Lipinski definition) is 4. The molecule has 2 nitrogen and oxygen atoms in total. The summed E-state index contributed by atoms with van der Waals surface area (Å²) < 4.78 is 5.95. The molecule has 0 aliphatic carbocycles. The van der Waals surface area contributed by atoms with Gasteiger partial charge in [0.1, 0.15) is 0 Å². The highest BCUT2D eigenvalue weighted by Crippen LogP contribution is 2.41. The van der Waals surface area contributed by atoms with Crippen LogP contribution in [0.4, 0.5) is 0 Å². The third kappa shape index (κ3) is 2.30. The maximum atomic E-state index is 12.3. The number of hydrogen-bond donors (Lipinski definition) is 0. The van der Waals surface area contributed by atoms with E-state index in [0.29, 0.717) is 5.78 Å². The summed E-state index contributed by atoms with van der Waals surface area (Å²) in [6, 6.07) is 3.90. The van der Waals surface area contributed by atoms with Gasteiger partial charge < -0.3 is 4.74 Å². The maximum Gasteiger partial charge on any atom is 0.176 e. The van der Waals surface area contributed by atoms with Crippen LogP contribution in [0.15, 0.2) is 17.5 Å². The van der Waals surface area contributed by atoms with Crippen molar-refractivity contribution in [1.82, 2.24) is 0 Å². The maximum absolute atomic E-state index is 12.3. The van der Waals surface area contributed by atoms with Crippen molar-refractivity contribution < 1.29 is 9.53 Å². The highest BCUT2D eigenvalue weighted by Gasteiger charge is 2.42. The molecule has 3 heterocycles. The minimum absolute atomic E-state index is 0.0144. The lowest BCUT2D eigenvalue weighted by molar-refractivity contribution is -0.0734. The number of thioether (sulfide) groups is 1. The van der Waals surface area contributed by atoms with Crippen molar-refractivity contribution in [1.29, 1.82) is 0 Å². The molecule has 0 amide bonds. The SMILES string of the molecule is O=C(c1cccs1)C1CCOC2(CCSC2)C1. The average molecular weight is 268 g/mol. The Morgan fingerprint density at radius 2 is 2.47 bits per heavy atom. The minimum atomic E-state index is 0.0144. The number of rotatable bonds is 2. The Balaban J connectivity index is 1.73. The molecular formula is C13H16O2S2. The molecule has 0 aromatic carbocycles. The molecule has 0 saturated carbocycles. The van der Waals surface area contributed by atoms with Crippen LogP contribution < -0.4 is 0 Å². The lowest BCUT2D eigenvalue weighted by atomic mass is 9.82. The second-order valence-electron chi connectivity index (χ2n) is 4.87. The molecule has 3 rings (SSSR count).